The molecular formula is C17H19NO3. The molecule has 0 bridgehead atoms. The normalized spacial score (nSPS) is 10.9. The van der Waals surface area contributed by atoms with Crippen molar-refractivity contribution in [3.8, 4) is 11.3 Å². The molecule has 0 spiro atoms. The van der Waals surface area contributed by atoms with E-state index >= 15 is 0 Å². The number of nitrogens with zero attached hydrogens (tertiary/aromatic N) is 1. The minimum Gasteiger partial charge on any atom is -0.477 e. The van der Waals surface area contributed by atoms with Gasteiger partial charge >= 0.3 is 5.97 Å². The highest BCUT2D eigenvalue weighted by molar-refractivity contribution is 5.87. The molecule has 2 aromatic rings. The molecule has 0 saturated heterocycles. The average Bonchev–Trinajstić information content (AvgIpc) is 2.40. The van der Waals surface area contributed by atoms with Crippen LogP contribution in [0.5, 0.6) is 0 Å². The van der Waals surface area contributed by atoms with E-state index in [4.69, 9.17) is 5.11 Å². The van der Waals surface area contributed by atoms with Crippen molar-refractivity contribution in [3.05, 3.63) is 57.4 Å². The summed E-state index contributed by atoms with van der Waals surface area (Å²) < 4.78 is 1.55. The van der Waals surface area contributed by atoms with E-state index < -0.39 is 11.5 Å². The molecule has 0 atom stereocenters. The summed E-state index contributed by atoms with van der Waals surface area (Å²) in [7, 11) is 0. The van der Waals surface area contributed by atoms with E-state index in [1.54, 1.807) is 10.6 Å². The second kappa shape index (κ2) is 5.56. The van der Waals surface area contributed by atoms with Crippen molar-refractivity contribution in [1.29, 1.82) is 0 Å². The maximum atomic E-state index is 12.4. The molecule has 4 nitrogen and oxygen atoms in total. The lowest BCUT2D eigenvalue weighted by atomic mass is 10.0. The third kappa shape index (κ3) is 2.75. The Morgan fingerprint density at radius 2 is 1.81 bits per heavy atom. The number of pyridine rings is 1. The summed E-state index contributed by atoms with van der Waals surface area (Å²) in [4.78, 5) is 23.6. The Morgan fingerprint density at radius 1 is 1.14 bits per heavy atom. The van der Waals surface area contributed by atoms with Gasteiger partial charge in [0, 0.05) is 11.6 Å². The van der Waals surface area contributed by atoms with Gasteiger partial charge in [-0.3, -0.25) is 4.79 Å². The predicted molar refractivity (Wildman–Crippen MR) is 83.0 cm³/mol. The maximum Gasteiger partial charge on any atom is 0.341 e. The first kappa shape index (κ1) is 15.0. The number of hydrogen-bond donors (Lipinski definition) is 1. The van der Waals surface area contributed by atoms with Crippen LogP contribution in [0.3, 0.4) is 0 Å². The molecule has 0 unspecified atom stereocenters. The standard InChI is InChI=1S/C17H19NO3/c1-10(2)18-15(8-7-13(16(18)19)17(20)21)14-9-11(3)5-6-12(14)4/h5-10H,1-4H3,(H,20,21). The zero-order valence-electron chi connectivity index (χ0n) is 12.7. The van der Waals surface area contributed by atoms with Crippen molar-refractivity contribution >= 4 is 5.97 Å². The Bertz CT molecular complexity index is 757. The lowest BCUT2D eigenvalue weighted by Gasteiger charge is -2.19. The van der Waals surface area contributed by atoms with Crippen LogP contribution in [-0.4, -0.2) is 15.6 Å². The van der Waals surface area contributed by atoms with Crippen molar-refractivity contribution in [2.75, 3.05) is 0 Å². The quantitative estimate of drug-likeness (QED) is 0.940. The zero-order chi connectivity index (χ0) is 15.7. The Balaban J connectivity index is 2.81. The molecule has 0 amide bonds. The van der Waals surface area contributed by atoms with Gasteiger partial charge in [-0.05, 0) is 51.5 Å². The van der Waals surface area contributed by atoms with E-state index in [2.05, 4.69) is 0 Å². The molecule has 0 aliphatic rings. The summed E-state index contributed by atoms with van der Waals surface area (Å²) in [6.45, 7) is 7.73. The van der Waals surface area contributed by atoms with Crippen molar-refractivity contribution in [1.82, 2.24) is 4.57 Å². The lowest BCUT2D eigenvalue weighted by Crippen LogP contribution is -2.28. The Kier molecular flexibility index (Phi) is 3.98. The van der Waals surface area contributed by atoms with Crippen LogP contribution in [0.2, 0.25) is 0 Å². The minimum atomic E-state index is -1.19. The highest BCUT2D eigenvalue weighted by Crippen LogP contribution is 2.26. The molecule has 0 saturated carbocycles. The Morgan fingerprint density at radius 3 is 2.38 bits per heavy atom. The third-order valence-electron chi connectivity index (χ3n) is 3.53. The van der Waals surface area contributed by atoms with E-state index in [1.165, 1.54) is 6.07 Å². The summed E-state index contributed by atoms with van der Waals surface area (Å²) >= 11 is 0. The Hall–Kier alpha value is -2.36. The highest BCUT2D eigenvalue weighted by atomic mass is 16.4. The number of carboxylic acids is 1. The van der Waals surface area contributed by atoms with E-state index in [-0.39, 0.29) is 11.6 Å². The van der Waals surface area contributed by atoms with Crippen LogP contribution in [0.25, 0.3) is 11.3 Å². The fourth-order valence-electron chi connectivity index (χ4n) is 2.46. The van der Waals surface area contributed by atoms with Gasteiger partial charge in [0.15, 0.2) is 0 Å². The molecule has 0 aliphatic heterocycles. The predicted octanol–water partition coefficient (Wildman–Crippen LogP) is 3.41. The van der Waals surface area contributed by atoms with Gasteiger partial charge in [0.05, 0.1) is 5.69 Å². The number of benzene rings is 1. The third-order valence-corrected chi connectivity index (χ3v) is 3.53. The minimum absolute atomic E-state index is 0.119. The van der Waals surface area contributed by atoms with Gasteiger partial charge in [0.25, 0.3) is 5.56 Å². The molecule has 0 fully saturated rings. The molecule has 0 radical (unpaired) electrons. The Labute approximate surface area is 123 Å². The fraction of sp³-hybridized carbons (Fsp3) is 0.294. The van der Waals surface area contributed by atoms with Crippen LogP contribution in [0.4, 0.5) is 0 Å². The van der Waals surface area contributed by atoms with E-state index in [9.17, 15) is 9.59 Å². The van der Waals surface area contributed by atoms with Crippen LogP contribution < -0.4 is 5.56 Å². The summed E-state index contributed by atoms with van der Waals surface area (Å²) in [6, 6.07) is 9.02. The van der Waals surface area contributed by atoms with Crippen molar-refractivity contribution < 1.29 is 9.90 Å². The first-order chi connectivity index (χ1) is 9.82. The smallest absolute Gasteiger partial charge is 0.341 e. The SMILES string of the molecule is Cc1ccc(C)c(-c2ccc(C(=O)O)c(=O)n2C(C)C)c1. The molecule has 1 aromatic heterocycles. The first-order valence-corrected chi connectivity index (χ1v) is 6.89. The van der Waals surface area contributed by atoms with Crippen molar-refractivity contribution in [2.24, 2.45) is 0 Å². The number of aromatic carboxylic acids is 1. The number of carboxylic acid groups (broad SMARTS) is 1. The molecule has 1 heterocycles. The van der Waals surface area contributed by atoms with Crippen LogP contribution in [-0.2, 0) is 0 Å². The molecule has 1 N–H and O–H groups in total. The van der Waals surface area contributed by atoms with Gasteiger partial charge in [-0.2, -0.15) is 0 Å². The molecule has 110 valence electrons. The average molecular weight is 285 g/mol. The summed E-state index contributed by atoms with van der Waals surface area (Å²) in [5.41, 5.74) is 3.20. The van der Waals surface area contributed by atoms with Crippen LogP contribution in [0, 0.1) is 13.8 Å². The van der Waals surface area contributed by atoms with Crippen LogP contribution in [0.15, 0.2) is 35.1 Å². The van der Waals surface area contributed by atoms with E-state index in [1.807, 2.05) is 45.9 Å². The fourth-order valence-corrected chi connectivity index (χ4v) is 2.46. The molecule has 0 aliphatic carbocycles. The molecule has 4 heteroatoms. The number of rotatable bonds is 3. The number of aromatic nitrogens is 1. The van der Waals surface area contributed by atoms with Gasteiger partial charge in [0.1, 0.15) is 5.56 Å². The summed E-state index contributed by atoms with van der Waals surface area (Å²) in [5.74, 6) is -1.19. The molecular weight excluding hydrogens is 266 g/mol. The highest BCUT2D eigenvalue weighted by Gasteiger charge is 2.17. The van der Waals surface area contributed by atoms with Gasteiger partial charge in [-0.25, -0.2) is 4.79 Å². The van der Waals surface area contributed by atoms with Gasteiger partial charge in [-0.1, -0.05) is 17.7 Å². The zero-order valence-corrected chi connectivity index (χ0v) is 12.7. The second-order valence-corrected chi connectivity index (χ2v) is 5.52. The van der Waals surface area contributed by atoms with Crippen molar-refractivity contribution in [2.45, 2.75) is 33.7 Å². The van der Waals surface area contributed by atoms with E-state index in [0.717, 1.165) is 22.4 Å². The van der Waals surface area contributed by atoms with Crippen LogP contribution in [0.1, 0.15) is 41.4 Å². The maximum absolute atomic E-state index is 12.4. The van der Waals surface area contributed by atoms with Gasteiger partial charge in [-0.15, -0.1) is 0 Å². The summed E-state index contributed by atoms with van der Waals surface area (Å²) in [5, 5.41) is 9.12. The molecule has 1 aromatic carbocycles. The monoisotopic (exact) mass is 285 g/mol. The number of carbonyl (C=O) groups is 1. The van der Waals surface area contributed by atoms with E-state index in [0.29, 0.717) is 0 Å². The molecule has 2 rings (SSSR count). The number of hydrogen-bond acceptors (Lipinski definition) is 2. The number of aryl methyl sites for hydroxylation is 2. The summed E-state index contributed by atoms with van der Waals surface area (Å²) in [6.07, 6.45) is 0. The van der Waals surface area contributed by atoms with Crippen molar-refractivity contribution in [3.63, 3.8) is 0 Å². The topological polar surface area (TPSA) is 59.3 Å². The van der Waals surface area contributed by atoms with Gasteiger partial charge < -0.3 is 9.67 Å². The molecule has 21 heavy (non-hydrogen) atoms. The second-order valence-electron chi connectivity index (χ2n) is 5.52. The lowest BCUT2D eigenvalue weighted by molar-refractivity contribution is 0.0694. The van der Waals surface area contributed by atoms with Gasteiger partial charge in [0.2, 0.25) is 0 Å². The largest absolute Gasteiger partial charge is 0.477 e. The first-order valence-electron chi connectivity index (χ1n) is 6.89. The van der Waals surface area contributed by atoms with Crippen LogP contribution >= 0.6 is 0 Å².